The molecule has 1 atom stereocenters. The molecule has 1 aliphatic heterocycles. The molecule has 2 aromatic rings. The Balaban J connectivity index is 1.73. The van der Waals surface area contributed by atoms with Crippen LogP contribution in [0.1, 0.15) is 22.8 Å². The van der Waals surface area contributed by atoms with E-state index in [1.165, 1.54) is 4.31 Å². The zero-order valence-corrected chi connectivity index (χ0v) is 19.7. The highest BCUT2D eigenvalue weighted by Gasteiger charge is 2.35. The maximum Gasteiger partial charge on any atom is 0.253 e. The molecule has 1 heterocycles. The largest absolute Gasteiger partial charge is 0.336 e. The van der Waals surface area contributed by atoms with Crippen LogP contribution in [-0.4, -0.2) is 57.3 Å². The lowest BCUT2D eigenvalue weighted by Gasteiger charge is -2.39. The number of sulfonamides is 1. The third-order valence-electron chi connectivity index (χ3n) is 4.92. The molecule has 3 rings (SSSR count). The van der Waals surface area contributed by atoms with Crippen LogP contribution in [0.4, 0.5) is 0 Å². The number of nitrogens with zero attached hydrogens (tertiary/aromatic N) is 2. The molecule has 30 heavy (non-hydrogen) atoms. The average Bonchev–Trinajstić information content (AvgIpc) is 2.72. The molecular weight excluding hydrogens is 412 g/mol. The summed E-state index contributed by atoms with van der Waals surface area (Å²) in [5.74, 6) is 3.08. The lowest BCUT2D eigenvalue weighted by atomic mass is 10.1. The predicted octanol–water partition coefficient (Wildman–Crippen LogP) is 3.45. The van der Waals surface area contributed by atoms with E-state index in [2.05, 4.69) is 31.1 Å². The molecule has 0 aliphatic carbocycles. The molecule has 158 valence electrons. The van der Waals surface area contributed by atoms with Crippen molar-refractivity contribution >= 4 is 24.0 Å². The van der Waals surface area contributed by atoms with Crippen LogP contribution in [0, 0.1) is 11.5 Å². The van der Waals surface area contributed by atoms with E-state index in [0.29, 0.717) is 18.7 Å². The van der Waals surface area contributed by atoms with Crippen molar-refractivity contribution in [1.82, 2.24) is 9.21 Å². The van der Waals surface area contributed by atoms with E-state index in [1.54, 1.807) is 41.3 Å². The molecule has 0 bridgehead atoms. The second-order valence-corrected chi connectivity index (χ2v) is 15.2. The summed E-state index contributed by atoms with van der Waals surface area (Å²) in [6.07, 6.45) is 0. The number of benzene rings is 2. The first-order valence-electron chi connectivity index (χ1n) is 10.1. The Morgan fingerprint density at radius 3 is 2.20 bits per heavy atom. The predicted molar refractivity (Wildman–Crippen MR) is 122 cm³/mol. The molecule has 0 radical (unpaired) electrons. The van der Waals surface area contributed by atoms with E-state index in [0.717, 1.165) is 5.56 Å². The normalized spacial score (nSPS) is 17.9. The number of piperazine rings is 1. The molecule has 1 fully saturated rings. The van der Waals surface area contributed by atoms with E-state index in [1.807, 2.05) is 25.1 Å². The number of carbonyl (C=O) groups is 1. The zero-order valence-electron chi connectivity index (χ0n) is 17.9. The molecule has 5 nitrogen and oxygen atoms in total. The van der Waals surface area contributed by atoms with Gasteiger partial charge in [0.05, 0.1) is 4.90 Å². The summed E-state index contributed by atoms with van der Waals surface area (Å²) in [6.45, 7) is 9.37. The van der Waals surface area contributed by atoms with Crippen molar-refractivity contribution < 1.29 is 13.2 Å². The number of carbonyl (C=O) groups excluding carboxylic acids is 1. The summed E-state index contributed by atoms with van der Waals surface area (Å²) >= 11 is 0. The van der Waals surface area contributed by atoms with Gasteiger partial charge in [0, 0.05) is 36.8 Å². The first kappa shape index (κ1) is 22.3. The summed E-state index contributed by atoms with van der Waals surface area (Å²) in [7, 11) is -5.12. The van der Waals surface area contributed by atoms with Crippen molar-refractivity contribution in [3.63, 3.8) is 0 Å². The number of rotatable bonds is 3. The van der Waals surface area contributed by atoms with Gasteiger partial charge in [0.15, 0.2) is 0 Å². The minimum absolute atomic E-state index is 0.0650. The van der Waals surface area contributed by atoms with Gasteiger partial charge in [-0.15, -0.1) is 5.54 Å². The van der Waals surface area contributed by atoms with Crippen molar-refractivity contribution in [2.45, 2.75) is 37.5 Å². The summed E-state index contributed by atoms with van der Waals surface area (Å²) < 4.78 is 27.8. The van der Waals surface area contributed by atoms with Gasteiger partial charge in [-0.2, -0.15) is 4.31 Å². The van der Waals surface area contributed by atoms with E-state index in [4.69, 9.17) is 0 Å². The molecule has 2 aromatic carbocycles. The third kappa shape index (κ3) is 5.20. The molecule has 1 saturated heterocycles. The van der Waals surface area contributed by atoms with Crippen molar-refractivity contribution in [2.75, 3.05) is 19.6 Å². The van der Waals surface area contributed by atoms with E-state index >= 15 is 0 Å². The van der Waals surface area contributed by atoms with Crippen LogP contribution in [0.3, 0.4) is 0 Å². The number of hydrogen-bond donors (Lipinski definition) is 0. The highest BCUT2D eigenvalue weighted by molar-refractivity contribution is 7.89. The molecule has 1 unspecified atom stereocenters. The minimum atomic E-state index is -3.63. The van der Waals surface area contributed by atoms with Gasteiger partial charge in [0.25, 0.3) is 5.91 Å². The highest BCUT2D eigenvalue weighted by Crippen LogP contribution is 2.22. The van der Waals surface area contributed by atoms with Crippen LogP contribution in [0.5, 0.6) is 0 Å². The highest BCUT2D eigenvalue weighted by atomic mass is 32.2. The van der Waals surface area contributed by atoms with Gasteiger partial charge in [0.1, 0.15) is 8.07 Å². The standard InChI is InChI=1S/C23H28N2O3SSi/c1-19-18-24(23(26)21-8-6-5-7-9-21)15-16-25(19)29(27,28)22-12-10-20(11-13-22)14-17-30(2,3)4/h5-13,19H,15-16,18H2,1-4H3. The Labute approximate surface area is 180 Å². The monoisotopic (exact) mass is 440 g/mol. The second kappa shape index (κ2) is 8.76. The van der Waals surface area contributed by atoms with Gasteiger partial charge in [-0.1, -0.05) is 43.8 Å². The fourth-order valence-corrected chi connectivity index (χ4v) is 5.48. The van der Waals surface area contributed by atoms with Crippen molar-refractivity contribution in [3.05, 3.63) is 65.7 Å². The smallest absolute Gasteiger partial charge is 0.253 e. The van der Waals surface area contributed by atoms with Gasteiger partial charge in [0.2, 0.25) is 10.0 Å². The topological polar surface area (TPSA) is 57.7 Å². The Morgan fingerprint density at radius 2 is 1.63 bits per heavy atom. The average molecular weight is 441 g/mol. The van der Waals surface area contributed by atoms with E-state index in [9.17, 15) is 13.2 Å². The summed E-state index contributed by atoms with van der Waals surface area (Å²) in [4.78, 5) is 14.7. The SMILES string of the molecule is CC1CN(C(=O)c2ccccc2)CCN1S(=O)(=O)c1ccc(C#C[Si](C)(C)C)cc1. The van der Waals surface area contributed by atoms with Gasteiger partial charge >= 0.3 is 0 Å². The van der Waals surface area contributed by atoms with Gasteiger partial charge < -0.3 is 4.90 Å². The molecule has 0 N–H and O–H groups in total. The maximum atomic E-state index is 13.2. The van der Waals surface area contributed by atoms with Crippen LogP contribution < -0.4 is 0 Å². The van der Waals surface area contributed by atoms with Crippen LogP contribution in [0.15, 0.2) is 59.5 Å². The lowest BCUT2D eigenvalue weighted by Crippen LogP contribution is -2.55. The fraction of sp³-hybridized carbons (Fsp3) is 0.348. The Kier molecular flexibility index (Phi) is 6.51. The number of hydrogen-bond acceptors (Lipinski definition) is 3. The van der Waals surface area contributed by atoms with Crippen LogP contribution in [0.25, 0.3) is 0 Å². The molecule has 1 amide bonds. The van der Waals surface area contributed by atoms with Crippen molar-refractivity contribution in [3.8, 4) is 11.5 Å². The quantitative estimate of drug-likeness (QED) is 0.543. The summed E-state index contributed by atoms with van der Waals surface area (Å²) in [5.41, 5.74) is 4.73. The minimum Gasteiger partial charge on any atom is -0.336 e. The second-order valence-electron chi connectivity index (χ2n) is 8.61. The van der Waals surface area contributed by atoms with Gasteiger partial charge in [-0.3, -0.25) is 4.79 Å². The molecule has 7 heteroatoms. The van der Waals surface area contributed by atoms with Gasteiger partial charge in [-0.25, -0.2) is 8.42 Å². The number of amides is 1. The van der Waals surface area contributed by atoms with Crippen LogP contribution in [0.2, 0.25) is 19.6 Å². The van der Waals surface area contributed by atoms with E-state index < -0.39 is 18.1 Å². The molecular formula is C23H28N2O3SSi. The van der Waals surface area contributed by atoms with Crippen molar-refractivity contribution in [1.29, 1.82) is 0 Å². The van der Waals surface area contributed by atoms with Gasteiger partial charge in [-0.05, 0) is 43.3 Å². The Morgan fingerprint density at radius 1 is 1.00 bits per heavy atom. The summed E-state index contributed by atoms with van der Waals surface area (Å²) in [5, 5.41) is 0. The fourth-order valence-electron chi connectivity index (χ4n) is 3.35. The maximum absolute atomic E-state index is 13.2. The summed E-state index contributed by atoms with van der Waals surface area (Å²) in [6, 6.07) is 15.6. The van der Waals surface area contributed by atoms with E-state index in [-0.39, 0.29) is 23.4 Å². The zero-order chi connectivity index (χ0) is 21.9. The van der Waals surface area contributed by atoms with Crippen molar-refractivity contribution in [2.24, 2.45) is 0 Å². The first-order chi connectivity index (χ1) is 14.1. The van der Waals surface area contributed by atoms with Crippen LogP contribution in [-0.2, 0) is 10.0 Å². The first-order valence-corrected chi connectivity index (χ1v) is 15.0. The molecule has 1 aliphatic rings. The Hall–Kier alpha value is -2.40. The molecule has 0 aromatic heterocycles. The van der Waals surface area contributed by atoms with Crippen LogP contribution >= 0.6 is 0 Å². The Bertz CT molecular complexity index is 1070. The molecule has 0 saturated carbocycles. The lowest BCUT2D eigenvalue weighted by molar-refractivity contribution is 0.0642. The third-order valence-corrected chi connectivity index (χ3v) is 7.82. The molecule has 0 spiro atoms.